The van der Waals surface area contributed by atoms with Crippen molar-refractivity contribution < 1.29 is 22.7 Å². The van der Waals surface area contributed by atoms with Crippen LogP contribution in [0.5, 0.6) is 0 Å². The first-order valence-corrected chi connectivity index (χ1v) is 6.45. The molecule has 1 amide bonds. The van der Waals surface area contributed by atoms with Crippen molar-refractivity contribution in [2.75, 3.05) is 6.61 Å². The monoisotopic (exact) mass is 302 g/mol. The number of thiocarbonyl (C=S) groups is 1. The zero-order chi connectivity index (χ0) is 14.3. The summed E-state index contributed by atoms with van der Waals surface area (Å²) in [5, 5.41) is 1.20. The van der Waals surface area contributed by atoms with Gasteiger partial charge in [0, 0.05) is 12.2 Å². The molecule has 0 rings (SSSR count). The van der Waals surface area contributed by atoms with Gasteiger partial charge in [0.15, 0.2) is 0 Å². The maximum absolute atomic E-state index is 12.6. The maximum Gasteiger partial charge on any atom is 0.408 e. The average molecular weight is 302 g/mol. The summed E-state index contributed by atoms with van der Waals surface area (Å²) in [7, 11) is 0. The zero-order valence-corrected chi connectivity index (χ0v) is 11.7. The van der Waals surface area contributed by atoms with Gasteiger partial charge in [0.25, 0.3) is 0 Å². The number of nitrogens with one attached hydrogen (secondary N) is 1. The number of hydrogen-bond donors (Lipinski definition) is 1. The van der Waals surface area contributed by atoms with Gasteiger partial charge in [0.2, 0.25) is 10.3 Å². The second kappa shape index (κ2) is 7.83. The standard InChI is InChI=1S/C10H15F3NO2S2/c1-4-16-9(17)18-6(2)5-8(10(11,12)13)14-7(3)15/h6,8H,2,4-5H2,1,3H3,(H,14,15). The van der Waals surface area contributed by atoms with Crippen molar-refractivity contribution in [1.29, 1.82) is 0 Å². The van der Waals surface area contributed by atoms with E-state index in [4.69, 9.17) is 17.0 Å². The van der Waals surface area contributed by atoms with Gasteiger partial charge in [0.1, 0.15) is 6.04 Å². The van der Waals surface area contributed by atoms with Crippen LogP contribution in [-0.4, -0.2) is 34.4 Å². The highest BCUT2D eigenvalue weighted by molar-refractivity contribution is 8.23. The van der Waals surface area contributed by atoms with Gasteiger partial charge in [-0.2, -0.15) is 13.2 Å². The summed E-state index contributed by atoms with van der Waals surface area (Å²) in [6.45, 7) is 6.68. The van der Waals surface area contributed by atoms with E-state index in [2.05, 4.69) is 6.92 Å². The van der Waals surface area contributed by atoms with Crippen molar-refractivity contribution >= 4 is 34.3 Å². The molecule has 0 spiro atoms. The van der Waals surface area contributed by atoms with E-state index >= 15 is 0 Å². The molecule has 0 saturated carbocycles. The third kappa shape index (κ3) is 7.75. The lowest BCUT2D eigenvalue weighted by Gasteiger charge is -2.23. The van der Waals surface area contributed by atoms with Crippen LogP contribution in [0, 0.1) is 6.92 Å². The van der Waals surface area contributed by atoms with E-state index in [0.29, 0.717) is 6.61 Å². The largest absolute Gasteiger partial charge is 0.479 e. The first kappa shape index (κ1) is 17.5. The molecular weight excluding hydrogens is 287 g/mol. The number of thioether (sulfide) groups is 1. The van der Waals surface area contributed by atoms with E-state index in [9.17, 15) is 18.0 Å². The Bertz CT molecular complexity index is 297. The summed E-state index contributed by atoms with van der Waals surface area (Å²) < 4.78 is 42.9. The van der Waals surface area contributed by atoms with Crippen molar-refractivity contribution in [2.45, 2.75) is 37.7 Å². The fourth-order valence-electron chi connectivity index (χ4n) is 1.12. The van der Waals surface area contributed by atoms with Gasteiger partial charge >= 0.3 is 6.18 Å². The maximum atomic E-state index is 12.6. The summed E-state index contributed by atoms with van der Waals surface area (Å²) in [6, 6.07) is -1.92. The van der Waals surface area contributed by atoms with Crippen LogP contribution in [0.3, 0.4) is 0 Å². The molecule has 0 fully saturated rings. The summed E-state index contributed by atoms with van der Waals surface area (Å²) in [6.07, 6.45) is -4.86. The topological polar surface area (TPSA) is 38.3 Å². The van der Waals surface area contributed by atoms with Crippen molar-refractivity contribution in [2.24, 2.45) is 0 Å². The smallest absolute Gasteiger partial charge is 0.408 e. The Morgan fingerprint density at radius 2 is 2.11 bits per heavy atom. The molecule has 2 atom stereocenters. The summed E-state index contributed by atoms with van der Waals surface area (Å²) in [5.74, 6) is -0.734. The van der Waals surface area contributed by atoms with Gasteiger partial charge in [0.05, 0.1) is 6.61 Å². The molecule has 0 bridgehead atoms. The number of ether oxygens (including phenoxy) is 1. The molecule has 0 saturated heterocycles. The third-order valence-electron chi connectivity index (χ3n) is 1.80. The normalized spacial score (nSPS) is 14.8. The predicted molar refractivity (Wildman–Crippen MR) is 69.2 cm³/mol. The van der Waals surface area contributed by atoms with E-state index in [0.717, 1.165) is 18.7 Å². The van der Waals surface area contributed by atoms with Gasteiger partial charge in [-0.25, -0.2) is 0 Å². The number of hydrogen-bond acceptors (Lipinski definition) is 4. The Hall–Kier alpha value is -0.500. The van der Waals surface area contributed by atoms with E-state index in [1.165, 1.54) is 0 Å². The molecule has 1 radical (unpaired) electrons. The Kier molecular flexibility index (Phi) is 7.61. The molecule has 0 heterocycles. The average Bonchev–Trinajstić information content (AvgIpc) is 2.14. The molecule has 0 aliphatic carbocycles. The van der Waals surface area contributed by atoms with Crippen molar-refractivity contribution in [1.82, 2.24) is 5.32 Å². The number of carbonyl (C=O) groups excluding carboxylic acids is 1. The van der Waals surface area contributed by atoms with Gasteiger partial charge in [-0.05, 0) is 32.5 Å². The summed E-state index contributed by atoms with van der Waals surface area (Å²) in [5.41, 5.74) is 0. The van der Waals surface area contributed by atoms with Crippen molar-refractivity contribution in [3.63, 3.8) is 0 Å². The second-order valence-electron chi connectivity index (χ2n) is 3.45. The molecule has 18 heavy (non-hydrogen) atoms. The van der Waals surface area contributed by atoms with Gasteiger partial charge in [-0.3, -0.25) is 4.79 Å². The van der Waals surface area contributed by atoms with Gasteiger partial charge in [-0.1, -0.05) is 11.8 Å². The molecule has 1 N–H and O–H groups in total. The van der Waals surface area contributed by atoms with E-state index in [-0.39, 0.29) is 10.8 Å². The number of alkyl halides is 3. The molecule has 0 aromatic carbocycles. The molecule has 0 aromatic rings. The lowest BCUT2D eigenvalue weighted by atomic mass is 10.1. The minimum Gasteiger partial charge on any atom is -0.479 e. The highest BCUT2D eigenvalue weighted by Crippen LogP contribution is 2.27. The second-order valence-corrected chi connectivity index (χ2v) is 5.36. The predicted octanol–water partition coefficient (Wildman–Crippen LogP) is 2.70. The molecule has 105 valence electrons. The molecule has 0 aliphatic rings. The molecule has 0 aromatic heterocycles. The van der Waals surface area contributed by atoms with Crippen LogP contribution in [0.1, 0.15) is 20.3 Å². The van der Waals surface area contributed by atoms with Crippen LogP contribution >= 0.6 is 24.0 Å². The molecule has 2 unspecified atom stereocenters. The van der Waals surface area contributed by atoms with Crippen molar-refractivity contribution in [3.05, 3.63) is 6.92 Å². The Balaban J connectivity index is 4.40. The van der Waals surface area contributed by atoms with Gasteiger partial charge in [-0.15, -0.1) is 0 Å². The van der Waals surface area contributed by atoms with E-state index in [1.807, 2.05) is 5.32 Å². The van der Waals surface area contributed by atoms with Crippen LogP contribution < -0.4 is 5.32 Å². The fourth-order valence-corrected chi connectivity index (χ4v) is 2.39. The molecule has 3 nitrogen and oxygen atoms in total. The highest BCUT2D eigenvalue weighted by atomic mass is 32.2. The zero-order valence-electron chi connectivity index (χ0n) is 10.0. The van der Waals surface area contributed by atoms with Crippen LogP contribution in [0.4, 0.5) is 13.2 Å². The molecule has 8 heteroatoms. The van der Waals surface area contributed by atoms with Crippen LogP contribution in [0.15, 0.2) is 0 Å². The lowest BCUT2D eigenvalue weighted by Crippen LogP contribution is -2.45. The summed E-state index contributed by atoms with van der Waals surface area (Å²) >= 11 is 5.74. The summed E-state index contributed by atoms with van der Waals surface area (Å²) in [4.78, 5) is 10.7. The SMILES string of the molecule is [CH2]C(CC(NC(C)=O)C(F)(F)F)SC(=S)OCC. The van der Waals surface area contributed by atoms with Crippen LogP contribution in [0.25, 0.3) is 0 Å². The first-order valence-electron chi connectivity index (χ1n) is 5.17. The van der Waals surface area contributed by atoms with Crippen LogP contribution in [0.2, 0.25) is 0 Å². The quantitative estimate of drug-likeness (QED) is 0.793. The highest BCUT2D eigenvalue weighted by Gasteiger charge is 2.41. The van der Waals surface area contributed by atoms with E-state index < -0.39 is 23.4 Å². The van der Waals surface area contributed by atoms with Crippen LogP contribution in [-0.2, 0) is 9.53 Å². The van der Waals surface area contributed by atoms with E-state index in [1.54, 1.807) is 6.92 Å². The first-order chi connectivity index (χ1) is 8.16. The fraction of sp³-hybridized carbons (Fsp3) is 0.700. The Morgan fingerprint density at radius 1 is 1.56 bits per heavy atom. The number of amides is 1. The minimum atomic E-state index is -4.50. The number of rotatable bonds is 5. The number of halogens is 3. The molecular formula is C10H15F3NO2S2. The lowest BCUT2D eigenvalue weighted by molar-refractivity contribution is -0.162. The minimum absolute atomic E-state index is 0.154. The Labute approximate surface area is 114 Å². The Morgan fingerprint density at radius 3 is 2.50 bits per heavy atom. The third-order valence-corrected chi connectivity index (χ3v) is 3.04. The molecule has 0 aliphatic heterocycles. The number of carbonyl (C=O) groups is 1. The van der Waals surface area contributed by atoms with Crippen molar-refractivity contribution in [3.8, 4) is 0 Å². The van der Waals surface area contributed by atoms with Gasteiger partial charge < -0.3 is 10.1 Å².